The maximum Gasteiger partial charge on any atom is 0.315 e. The van der Waals surface area contributed by atoms with Crippen LogP contribution in [-0.4, -0.2) is 29.9 Å². The minimum atomic E-state index is -0.201. The molecule has 5 nitrogen and oxygen atoms in total. The van der Waals surface area contributed by atoms with Crippen molar-refractivity contribution in [3.8, 4) is 5.75 Å². The van der Waals surface area contributed by atoms with Crippen molar-refractivity contribution in [1.29, 1.82) is 0 Å². The lowest BCUT2D eigenvalue weighted by molar-refractivity contribution is 0.121. The molecule has 1 aromatic carbocycles. The Morgan fingerprint density at radius 1 is 1.39 bits per heavy atom. The van der Waals surface area contributed by atoms with Gasteiger partial charge in [-0.05, 0) is 44.4 Å². The molecule has 128 valence electrons. The van der Waals surface area contributed by atoms with Gasteiger partial charge < -0.3 is 20.5 Å². The van der Waals surface area contributed by atoms with Gasteiger partial charge in [-0.1, -0.05) is 25.5 Å². The number of aliphatic hydroxyl groups is 1. The van der Waals surface area contributed by atoms with Crippen LogP contribution < -0.4 is 15.4 Å². The molecule has 0 aliphatic heterocycles. The van der Waals surface area contributed by atoms with E-state index in [2.05, 4.69) is 10.6 Å². The minimum absolute atomic E-state index is 0.0364. The first kappa shape index (κ1) is 17.6. The highest BCUT2D eigenvalue weighted by atomic mass is 16.5. The molecule has 2 amide bonds. The van der Waals surface area contributed by atoms with Crippen LogP contribution in [0.4, 0.5) is 4.79 Å². The van der Waals surface area contributed by atoms with E-state index in [4.69, 9.17) is 4.74 Å². The zero-order valence-electron chi connectivity index (χ0n) is 14.3. The van der Waals surface area contributed by atoms with E-state index in [1.165, 1.54) is 0 Å². The molecule has 23 heavy (non-hydrogen) atoms. The number of ether oxygens (including phenoxy) is 1. The standard InChI is InChI=1S/C18H28N2O3/c1-13(2)23-15-8-6-14(7-9-15)11-19-17(22)20-16-5-4-10-18(16,3)12-21/h6-9,13,16,21H,4-5,10-12H2,1-3H3,(H2,19,20,22). The zero-order chi connectivity index (χ0) is 16.9. The number of amides is 2. The third kappa shape index (κ3) is 4.86. The number of rotatable bonds is 6. The molecule has 0 spiro atoms. The molecule has 2 atom stereocenters. The molecule has 1 fully saturated rings. The number of carbonyl (C=O) groups excluding carboxylic acids is 1. The molecular formula is C18H28N2O3. The third-order valence-corrected chi connectivity index (χ3v) is 4.50. The van der Waals surface area contributed by atoms with E-state index in [-0.39, 0.29) is 30.2 Å². The second-order valence-corrected chi connectivity index (χ2v) is 6.89. The van der Waals surface area contributed by atoms with Crippen molar-refractivity contribution in [2.24, 2.45) is 5.41 Å². The summed E-state index contributed by atoms with van der Waals surface area (Å²) in [6.07, 6.45) is 3.06. The SMILES string of the molecule is CC(C)Oc1ccc(CNC(=O)NC2CCCC2(C)CO)cc1. The summed E-state index contributed by atoms with van der Waals surface area (Å²) in [5.41, 5.74) is 0.820. The largest absolute Gasteiger partial charge is 0.491 e. The summed E-state index contributed by atoms with van der Waals surface area (Å²) >= 11 is 0. The normalized spacial score (nSPS) is 23.8. The third-order valence-electron chi connectivity index (χ3n) is 4.50. The number of carbonyl (C=O) groups is 1. The van der Waals surface area contributed by atoms with Crippen LogP contribution in [0.2, 0.25) is 0 Å². The molecule has 2 rings (SSSR count). The van der Waals surface area contributed by atoms with E-state index >= 15 is 0 Å². The fourth-order valence-corrected chi connectivity index (χ4v) is 3.02. The predicted molar refractivity (Wildman–Crippen MR) is 90.4 cm³/mol. The van der Waals surface area contributed by atoms with Crippen molar-refractivity contribution in [3.63, 3.8) is 0 Å². The fraction of sp³-hybridized carbons (Fsp3) is 0.611. The molecule has 2 unspecified atom stereocenters. The Morgan fingerprint density at radius 2 is 2.09 bits per heavy atom. The van der Waals surface area contributed by atoms with Gasteiger partial charge in [0, 0.05) is 18.0 Å². The van der Waals surface area contributed by atoms with Crippen LogP contribution in [0.5, 0.6) is 5.75 Å². The molecule has 0 radical (unpaired) electrons. The molecule has 1 aliphatic carbocycles. The topological polar surface area (TPSA) is 70.6 Å². The van der Waals surface area contributed by atoms with Crippen molar-refractivity contribution in [3.05, 3.63) is 29.8 Å². The smallest absolute Gasteiger partial charge is 0.315 e. The van der Waals surface area contributed by atoms with Crippen molar-refractivity contribution in [2.75, 3.05) is 6.61 Å². The average Bonchev–Trinajstić information content (AvgIpc) is 2.88. The molecule has 1 saturated carbocycles. The maximum absolute atomic E-state index is 12.1. The molecule has 1 aromatic rings. The molecule has 3 N–H and O–H groups in total. The van der Waals surface area contributed by atoms with Gasteiger partial charge in [0.2, 0.25) is 0 Å². The molecular weight excluding hydrogens is 292 g/mol. The summed E-state index contributed by atoms with van der Waals surface area (Å²) in [4.78, 5) is 12.1. The average molecular weight is 320 g/mol. The fourth-order valence-electron chi connectivity index (χ4n) is 3.02. The van der Waals surface area contributed by atoms with Crippen molar-refractivity contribution in [1.82, 2.24) is 10.6 Å². The first-order valence-electron chi connectivity index (χ1n) is 8.34. The van der Waals surface area contributed by atoms with E-state index in [9.17, 15) is 9.90 Å². The Labute approximate surface area is 138 Å². The van der Waals surface area contributed by atoms with Crippen LogP contribution in [0.1, 0.15) is 45.6 Å². The summed E-state index contributed by atoms with van der Waals surface area (Å²) in [5, 5.41) is 15.4. The highest BCUT2D eigenvalue weighted by molar-refractivity contribution is 5.74. The van der Waals surface area contributed by atoms with Crippen LogP contribution >= 0.6 is 0 Å². The van der Waals surface area contributed by atoms with Gasteiger partial charge in [0.15, 0.2) is 0 Å². The summed E-state index contributed by atoms with van der Waals surface area (Å²) < 4.78 is 5.60. The Morgan fingerprint density at radius 3 is 2.70 bits per heavy atom. The van der Waals surface area contributed by atoms with Gasteiger partial charge in [0.05, 0.1) is 12.7 Å². The van der Waals surface area contributed by atoms with Crippen LogP contribution in [0.3, 0.4) is 0 Å². The lowest BCUT2D eigenvalue weighted by Crippen LogP contribution is -2.48. The van der Waals surface area contributed by atoms with Crippen LogP contribution in [0, 0.1) is 5.41 Å². The molecule has 0 bridgehead atoms. The number of aliphatic hydroxyl groups excluding tert-OH is 1. The van der Waals surface area contributed by atoms with Crippen molar-refractivity contribution >= 4 is 6.03 Å². The highest BCUT2D eigenvalue weighted by Crippen LogP contribution is 2.37. The molecule has 1 aliphatic rings. The van der Waals surface area contributed by atoms with Crippen molar-refractivity contribution < 1.29 is 14.6 Å². The maximum atomic E-state index is 12.1. The predicted octanol–water partition coefficient (Wildman–Crippen LogP) is 2.82. The number of hydrogen-bond donors (Lipinski definition) is 3. The van der Waals surface area contributed by atoms with E-state index in [1.54, 1.807) is 0 Å². The summed E-state index contributed by atoms with van der Waals surface area (Å²) in [6, 6.07) is 7.58. The lowest BCUT2D eigenvalue weighted by Gasteiger charge is -2.30. The summed E-state index contributed by atoms with van der Waals surface area (Å²) in [7, 11) is 0. The van der Waals surface area contributed by atoms with E-state index in [1.807, 2.05) is 45.0 Å². The van der Waals surface area contributed by atoms with Crippen LogP contribution in [0.25, 0.3) is 0 Å². The second-order valence-electron chi connectivity index (χ2n) is 6.89. The Balaban J connectivity index is 1.80. The Kier molecular flexibility index (Phi) is 5.88. The summed E-state index contributed by atoms with van der Waals surface area (Å²) in [5.74, 6) is 0.831. The van der Waals surface area contributed by atoms with Gasteiger partial charge in [0.25, 0.3) is 0 Å². The molecule has 0 heterocycles. The van der Waals surface area contributed by atoms with Crippen molar-refractivity contribution in [2.45, 2.75) is 58.7 Å². The minimum Gasteiger partial charge on any atom is -0.491 e. The Bertz CT molecular complexity index is 516. The van der Waals surface area contributed by atoms with Gasteiger partial charge in [0.1, 0.15) is 5.75 Å². The van der Waals surface area contributed by atoms with E-state index in [0.717, 1.165) is 30.6 Å². The van der Waals surface area contributed by atoms with E-state index < -0.39 is 0 Å². The monoisotopic (exact) mass is 320 g/mol. The zero-order valence-corrected chi connectivity index (χ0v) is 14.3. The first-order valence-corrected chi connectivity index (χ1v) is 8.34. The number of urea groups is 1. The van der Waals surface area contributed by atoms with Gasteiger partial charge in [-0.15, -0.1) is 0 Å². The first-order chi connectivity index (χ1) is 10.9. The van der Waals surface area contributed by atoms with Gasteiger partial charge in [-0.2, -0.15) is 0 Å². The van der Waals surface area contributed by atoms with E-state index in [0.29, 0.717) is 6.54 Å². The second kappa shape index (κ2) is 7.68. The van der Waals surface area contributed by atoms with Crippen LogP contribution in [-0.2, 0) is 6.54 Å². The van der Waals surface area contributed by atoms with Gasteiger partial charge >= 0.3 is 6.03 Å². The molecule has 0 aromatic heterocycles. The van der Waals surface area contributed by atoms with Gasteiger partial charge in [-0.3, -0.25) is 0 Å². The quantitative estimate of drug-likeness (QED) is 0.755. The number of benzene rings is 1. The number of hydrogen-bond acceptors (Lipinski definition) is 3. The summed E-state index contributed by atoms with van der Waals surface area (Å²) in [6.45, 7) is 6.58. The molecule has 0 saturated heterocycles. The van der Waals surface area contributed by atoms with Gasteiger partial charge in [-0.25, -0.2) is 4.79 Å². The highest BCUT2D eigenvalue weighted by Gasteiger charge is 2.39. The number of nitrogens with one attached hydrogen (secondary N) is 2. The Hall–Kier alpha value is -1.75. The molecule has 5 heteroatoms. The van der Waals surface area contributed by atoms with Crippen LogP contribution in [0.15, 0.2) is 24.3 Å². The lowest BCUT2D eigenvalue weighted by atomic mass is 9.86.